The molecule has 1 aromatic heterocycles. The molecular formula is C12H17N5O4. The summed E-state index contributed by atoms with van der Waals surface area (Å²) in [5.74, 6) is -0.800. The highest BCUT2D eigenvalue weighted by Crippen LogP contribution is 2.09. The number of hydrogen-bond donors (Lipinski definition) is 3. The maximum absolute atomic E-state index is 12.5. The van der Waals surface area contributed by atoms with Gasteiger partial charge in [-0.2, -0.15) is 0 Å². The van der Waals surface area contributed by atoms with E-state index >= 15 is 0 Å². The number of likely N-dealkylation sites (N-methyl/N-ethyl adjacent to an activating group) is 1. The Kier molecular flexibility index (Phi) is 4.22. The van der Waals surface area contributed by atoms with Crippen molar-refractivity contribution in [2.45, 2.75) is 6.04 Å². The summed E-state index contributed by atoms with van der Waals surface area (Å²) >= 11 is 0. The molecule has 0 aliphatic carbocycles. The van der Waals surface area contributed by atoms with Crippen molar-refractivity contribution in [1.29, 1.82) is 0 Å². The zero-order valence-corrected chi connectivity index (χ0v) is 11.8. The number of amides is 2. The Labute approximate surface area is 120 Å². The fraction of sp³-hybridized carbons (Fsp3) is 0.500. The molecule has 2 heterocycles. The Morgan fingerprint density at radius 3 is 2.67 bits per heavy atom. The summed E-state index contributed by atoms with van der Waals surface area (Å²) in [6, 6.07) is -0.674. The van der Waals surface area contributed by atoms with Gasteiger partial charge in [0, 0.05) is 39.9 Å². The minimum absolute atomic E-state index is 0.187. The summed E-state index contributed by atoms with van der Waals surface area (Å²) in [5, 5.41) is 3.05. The van der Waals surface area contributed by atoms with Gasteiger partial charge in [-0.05, 0) is 0 Å². The van der Waals surface area contributed by atoms with E-state index in [9.17, 15) is 19.2 Å². The van der Waals surface area contributed by atoms with Crippen LogP contribution >= 0.6 is 0 Å². The van der Waals surface area contributed by atoms with Crippen molar-refractivity contribution in [3.8, 4) is 0 Å². The van der Waals surface area contributed by atoms with Crippen molar-refractivity contribution in [2.24, 2.45) is 0 Å². The molecule has 1 aliphatic rings. The molecule has 1 fully saturated rings. The second kappa shape index (κ2) is 5.92. The third kappa shape index (κ3) is 3.02. The van der Waals surface area contributed by atoms with Gasteiger partial charge in [0.1, 0.15) is 11.6 Å². The van der Waals surface area contributed by atoms with Crippen LogP contribution in [0, 0.1) is 0 Å². The minimum Gasteiger partial charge on any atom is -0.347 e. The summed E-state index contributed by atoms with van der Waals surface area (Å²) in [6.45, 7) is 1.16. The van der Waals surface area contributed by atoms with Gasteiger partial charge in [0.15, 0.2) is 0 Å². The number of carbonyl (C=O) groups excluding carboxylic acids is 2. The number of hydrogen-bond acceptors (Lipinski definition) is 5. The Morgan fingerprint density at radius 2 is 2.05 bits per heavy atom. The lowest BCUT2D eigenvalue weighted by Crippen LogP contribution is -2.59. The van der Waals surface area contributed by atoms with E-state index in [1.807, 2.05) is 4.98 Å². The molecule has 21 heavy (non-hydrogen) atoms. The van der Waals surface area contributed by atoms with Crippen LogP contribution in [-0.4, -0.2) is 71.4 Å². The molecule has 0 radical (unpaired) electrons. The SMILES string of the molecule is CN(C)C(=O)C1CNCCN1C(=O)c1c[nH]c(=O)[nH]c1=O. The molecule has 9 heteroatoms. The first-order valence-electron chi connectivity index (χ1n) is 6.46. The lowest BCUT2D eigenvalue weighted by atomic mass is 10.1. The second-order valence-corrected chi connectivity index (χ2v) is 4.94. The van der Waals surface area contributed by atoms with Crippen LogP contribution < -0.4 is 16.6 Å². The summed E-state index contributed by atoms with van der Waals surface area (Å²) in [4.78, 5) is 54.3. The van der Waals surface area contributed by atoms with Crippen LogP contribution in [0.4, 0.5) is 0 Å². The van der Waals surface area contributed by atoms with Gasteiger partial charge >= 0.3 is 5.69 Å². The number of aromatic amines is 2. The van der Waals surface area contributed by atoms with Crippen molar-refractivity contribution < 1.29 is 9.59 Å². The van der Waals surface area contributed by atoms with E-state index in [0.717, 1.165) is 6.20 Å². The topological polar surface area (TPSA) is 118 Å². The molecule has 1 atom stereocenters. The standard InChI is InChI=1S/C12H17N5O4/c1-16(2)11(20)8-6-13-3-4-17(8)10(19)7-5-14-12(21)15-9(7)18/h5,8,13H,3-4,6H2,1-2H3,(H2,14,15,18,21). The maximum atomic E-state index is 12.5. The second-order valence-electron chi connectivity index (χ2n) is 4.94. The van der Waals surface area contributed by atoms with Crippen LogP contribution in [-0.2, 0) is 4.79 Å². The number of rotatable bonds is 2. The molecule has 114 valence electrons. The lowest BCUT2D eigenvalue weighted by Gasteiger charge is -2.36. The van der Waals surface area contributed by atoms with Gasteiger partial charge < -0.3 is 20.1 Å². The Bertz CT molecular complexity index is 662. The number of nitrogens with one attached hydrogen (secondary N) is 3. The first-order chi connectivity index (χ1) is 9.91. The monoisotopic (exact) mass is 295 g/mol. The van der Waals surface area contributed by atoms with Crippen LogP contribution in [0.1, 0.15) is 10.4 Å². The van der Waals surface area contributed by atoms with Gasteiger partial charge in [0.05, 0.1) is 0 Å². The van der Waals surface area contributed by atoms with Crippen molar-refractivity contribution in [3.63, 3.8) is 0 Å². The smallest absolute Gasteiger partial charge is 0.325 e. The molecule has 1 aromatic rings. The van der Waals surface area contributed by atoms with Crippen LogP contribution in [0.5, 0.6) is 0 Å². The third-order valence-electron chi connectivity index (χ3n) is 3.28. The van der Waals surface area contributed by atoms with E-state index in [4.69, 9.17) is 0 Å². The van der Waals surface area contributed by atoms with Gasteiger partial charge in [0.2, 0.25) is 5.91 Å². The summed E-state index contributed by atoms with van der Waals surface area (Å²) in [5.41, 5.74) is -1.64. The van der Waals surface area contributed by atoms with Gasteiger partial charge in [-0.25, -0.2) is 4.79 Å². The highest BCUT2D eigenvalue weighted by molar-refractivity contribution is 5.97. The average molecular weight is 295 g/mol. The number of piperazine rings is 1. The van der Waals surface area contributed by atoms with Crippen LogP contribution in [0.3, 0.4) is 0 Å². The molecular weight excluding hydrogens is 278 g/mol. The molecule has 1 aliphatic heterocycles. The predicted octanol–water partition coefficient (Wildman–Crippen LogP) is -2.43. The zero-order valence-electron chi connectivity index (χ0n) is 11.8. The van der Waals surface area contributed by atoms with E-state index in [1.165, 1.54) is 9.80 Å². The van der Waals surface area contributed by atoms with Gasteiger partial charge in [-0.3, -0.25) is 19.4 Å². The molecule has 1 unspecified atom stereocenters. The summed E-state index contributed by atoms with van der Waals surface area (Å²) in [6.07, 6.45) is 1.07. The normalized spacial score (nSPS) is 18.4. The number of nitrogens with zero attached hydrogens (tertiary/aromatic N) is 2. The Hall–Kier alpha value is -2.42. The van der Waals surface area contributed by atoms with E-state index in [-0.39, 0.29) is 11.5 Å². The fourth-order valence-corrected chi connectivity index (χ4v) is 2.19. The molecule has 0 spiro atoms. The van der Waals surface area contributed by atoms with E-state index in [2.05, 4.69) is 10.3 Å². The molecule has 2 amide bonds. The first kappa shape index (κ1) is 15.0. The third-order valence-corrected chi connectivity index (χ3v) is 3.28. The van der Waals surface area contributed by atoms with Crippen molar-refractivity contribution in [3.05, 3.63) is 32.6 Å². The number of H-pyrrole nitrogens is 2. The minimum atomic E-state index is -0.765. The highest BCUT2D eigenvalue weighted by Gasteiger charge is 2.34. The molecule has 1 saturated heterocycles. The summed E-state index contributed by atoms with van der Waals surface area (Å²) < 4.78 is 0. The highest BCUT2D eigenvalue weighted by atomic mass is 16.2. The Balaban J connectivity index is 2.33. The Morgan fingerprint density at radius 1 is 1.33 bits per heavy atom. The van der Waals surface area contributed by atoms with Crippen molar-refractivity contribution in [2.75, 3.05) is 33.7 Å². The van der Waals surface area contributed by atoms with E-state index in [0.29, 0.717) is 19.6 Å². The quantitative estimate of drug-likeness (QED) is 0.560. The number of aromatic nitrogens is 2. The fourth-order valence-electron chi connectivity index (χ4n) is 2.19. The molecule has 0 bridgehead atoms. The van der Waals surface area contributed by atoms with Crippen LogP contribution in [0.15, 0.2) is 15.8 Å². The molecule has 0 aromatic carbocycles. The van der Waals surface area contributed by atoms with Crippen molar-refractivity contribution >= 4 is 11.8 Å². The maximum Gasteiger partial charge on any atom is 0.325 e. The first-order valence-corrected chi connectivity index (χ1v) is 6.46. The van der Waals surface area contributed by atoms with Crippen LogP contribution in [0.25, 0.3) is 0 Å². The molecule has 3 N–H and O–H groups in total. The largest absolute Gasteiger partial charge is 0.347 e. The molecule has 9 nitrogen and oxygen atoms in total. The molecule has 0 saturated carbocycles. The van der Waals surface area contributed by atoms with Gasteiger partial charge in [0.25, 0.3) is 11.5 Å². The average Bonchev–Trinajstić information content (AvgIpc) is 2.45. The zero-order chi connectivity index (χ0) is 15.6. The predicted molar refractivity (Wildman–Crippen MR) is 74.1 cm³/mol. The van der Waals surface area contributed by atoms with Crippen LogP contribution in [0.2, 0.25) is 0 Å². The summed E-state index contributed by atoms with van der Waals surface area (Å²) in [7, 11) is 3.21. The molecule has 2 rings (SSSR count). The van der Waals surface area contributed by atoms with E-state index in [1.54, 1.807) is 14.1 Å². The number of carbonyl (C=O) groups is 2. The van der Waals surface area contributed by atoms with Gasteiger partial charge in [-0.1, -0.05) is 0 Å². The lowest BCUT2D eigenvalue weighted by molar-refractivity contribution is -0.134. The van der Waals surface area contributed by atoms with Crippen molar-refractivity contribution in [1.82, 2.24) is 25.1 Å². The van der Waals surface area contributed by atoms with Gasteiger partial charge in [-0.15, -0.1) is 0 Å². The van der Waals surface area contributed by atoms with E-state index < -0.39 is 23.2 Å².